The molecule has 0 unspecified atom stereocenters. The number of piperidine rings is 1. The molecule has 0 radical (unpaired) electrons. The number of nitrogens with one attached hydrogen (secondary N) is 1. The highest BCUT2D eigenvalue weighted by atomic mass is 16.2. The molecule has 0 saturated carbocycles. The van der Waals surface area contributed by atoms with Crippen LogP contribution >= 0.6 is 0 Å². The maximum absolute atomic E-state index is 12.8. The molecule has 0 bridgehead atoms. The van der Waals surface area contributed by atoms with Gasteiger partial charge in [-0.2, -0.15) is 0 Å². The second-order valence-corrected chi connectivity index (χ2v) is 5.35. The van der Waals surface area contributed by atoms with E-state index in [4.69, 9.17) is 0 Å². The van der Waals surface area contributed by atoms with Gasteiger partial charge in [0.15, 0.2) is 0 Å². The quantitative estimate of drug-likeness (QED) is 0.873. The Morgan fingerprint density at radius 1 is 1.21 bits per heavy atom. The van der Waals surface area contributed by atoms with Crippen molar-refractivity contribution in [3.8, 4) is 0 Å². The lowest BCUT2D eigenvalue weighted by atomic mass is 9.86. The molecular formula is C15H21N3O. The Morgan fingerprint density at radius 3 is 2.53 bits per heavy atom. The summed E-state index contributed by atoms with van der Waals surface area (Å²) < 4.78 is 0. The van der Waals surface area contributed by atoms with Crippen LogP contribution in [0.1, 0.15) is 19.8 Å². The molecule has 0 aromatic heterocycles. The summed E-state index contributed by atoms with van der Waals surface area (Å²) in [6.45, 7) is 5.41. The molecule has 4 heteroatoms. The molecule has 1 N–H and O–H groups in total. The van der Waals surface area contributed by atoms with E-state index in [1.54, 1.807) is 0 Å². The zero-order valence-corrected chi connectivity index (χ0v) is 11.4. The summed E-state index contributed by atoms with van der Waals surface area (Å²) in [5, 5.41) is 3.36. The first-order valence-electron chi connectivity index (χ1n) is 7.11. The van der Waals surface area contributed by atoms with E-state index >= 15 is 0 Å². The Hall–Kier alpha value is -1.55. The minimum atomic E-state index is -0.317. The third kappa shape index (κ3) is 1.91. The summed E-state index contributed by atoms with van der Waals surface area (Å²) >= 11 is 0. The minimum absolute atomic E-state index is 0.306. The fraction of sp³-hybridized carbons (Fsp3) is 0.533. The molecule has 3 rings (SSSR count). The molecule has 19 heavy (non-hydrogen) atoms. The molecule has 2 saturated heterocycles. The number of benzene rings is 1. The molecule has 102 valence electrons. The van der Waals surface area contributed by atoms with E-state index < -0.39 is 0 Å². The molecule has 2 fully saturated rings. The van der Waals surface area contributed by atoms with Gasteiger partial charge >= 0.3 is 0 Å². The predicted octanol–water partition coefficient (Wildman–Crippen LogP) is 1.43. The van der Waals surface area contributed by atoms with E-state index in [1.165, 1.54) is 0 Å². The molecule has 0 aliphatic carbocycles. The number of likely N-dealkylation sites (N-methyl/N-ethyl adjacent to an activating group) is 1. The summed E-state index contributed by atoms with van der Waals surface area (Å²) in [4.78, 5) is 17.0. The average molecular weight is 259 g/mol. The highest BCUT2D eigenvalue weighted by molar-refractivity contribution is 5.93. The number of para-hydroxylation sites is 1. The number of rotatable bonds is 2. The second kappa shape index (κ2) is 4.85. The number of hydrogen-bond acceptors (Lipinski definition) is 3. The second-order valence-electron chi connectivity index (χ2n) is 5.35. The van der Waals surface area contributed by atoms with E-state index in [2.05, 4.69) is 29.3 Å². The number of carbonyl (C=O) groups is 1. The first kappa shape index (κ1) is 12.5. The molecule has 2 aliphatic heterocycles. The molecule has 1 amide bonds. The van der Waals surface area contributed by atoms with Crippen LogP contribution < -0.4 is 10.2 Å². The van der Waals surface area contributed by atoms with Crippen LogP contribution in [0.5, 0.6) is 0 Å². The molecule has 0 atom stereocenters. The summed E-state index contributed by atoms with van der Waals surface area (Å²) in [5.41, 5.74) is 0.844. The summed E-state index contributed by atoms with van der Waals surface area (Å²) in [6, 6.07) is 10.3. The van der Waals surface area contributed by atoms with Crippen molar-refractivity contribution >= 4 is 11.6 Å². The maximum Gasteiger partial charge on any atom is 0.250 e. The van der Waals surface area contributed by atoms with Gasteiger partial charge in [-0.3, -0.25) is 4.79 Å². The normalized spacial score (nSPS) is 22.3. The van der Waals surface area contributed by atoms with Crippen molar-refractivity contribution in [2.75, 3.05) is 31.2 Å². The highest BCUT2D eigenvalue weighted by Crippen LogP contribution is 2.37. The van der Waals surface area contributed by atoms with Gasteiger partial charge in [0.25, 0.3) is 0 Å². The zero-order valence-electron chi connectivity index (χ0n) is 11.4. The first-order valence-corrected chi connectivity index (χ1v) is 7.11. The van der Waals surface area contributed by atoms with Crippen LogP contribution in [0.3, 0.4) is 0 Å². The minimum Gasteiger partial charge on any atom is -0.339 e. The van der Waals surface area contributed by atoms with Crippen LogP contribution in [-0.4, -0.2) is 42.6 Å². The van der Waals surface area contributed by atoms with Gasteiger partial charge in [-0.1, -0.05) is 18.2 Å². The van der Waals surface area contributed by atoms with Gasteiger partial charge in [0.1, 0.15) is 5.54 Å². The van der Waals surface area contributed by atoms with Gasteiger partial charge < -0.3 is 15.1 Å². The van der Waals surface area contributed by atoms with Crippen molar-refractivity contribution in [3.05, 3.63) is 30.3 Å². The van der Waals surface area contributed by atoms with Crippen molar-refractivity contribution in [2.24, 2.45) is 0 Å². The van der Waals surface area contributed by atoms with E-state index in [0.29, 0.717) is 5.91 Å². The van der Waals surface area contributed by atoms with Gasteiger partial charge in [0.2, 0.25) is 5.91 Å². The molecular weight excluding hydrogens is 238 g/mol. The van der Waals surface area contributed by atoms with Gasteiger partial charge in [-0.25, -0.2) is 0 Å². The monoisotopic (exact) mass is 259 g/mol. The van der Waals surface area contributed by atoms with Gasteiger partial charge in [0.05, 0.1) is 6.67 Å². The topological polar surface area (TPSA) is 35.6 Å². The number of hydrogen-bond donors (Lipinski definition) is 1. The molecule has 1 aromatic rings. The number of amides is 1. The van der Waals surface area contributed by atoms with Crippen molar-refractivity contribution in [1.82, 2.24) is 10.2 Å². The zero-order chi connectivity index (χ0) is 13.3. The van der Waals surface area contributed by atoms with Crippen LogP contribution in [0.4, 0.5) is 5.69 Å². The van der Waals surface area contributed by atoms with Crippen molar-refractivity contribution in [1.29, 1.82) is 0 Å². The third-order valence-electron chi connectivity index (χ3n) is 4.39. The number of nitrogens with zero attached hydrogens (tertiary/aromatic N) is 2. The molecule has 2 heterocycles. The first-order chi connectivity index (χ1) is 9.28. The predicted molar refractivity (Wildman–Crippen MR) is 76.0 cm³/mol. The lowest BCUT2D eigenvalue weighted by Crippen LogP contribution is -2.55. The number of carbonyl (C=O) groups excluding carboxylic acids is 1. The van der Waals surface area contributed by atoms with E-state index in [1.807, 2.05) is 23.1 Å². The third-order valence-corrected chi connectivity index (χ3v) is 4.39. The molecule has 1 aromatic carbocycles. The number of anilines is 1. The Bertz CT molecular complexity index is 454. The van der Waals surface area contributed by atoms with E-state index in [9.17, 15) is 4.79 Å². The van der Waals surface area contributed by atoms with Crippen LogP contribution in [0.15, 0.2) is 30.3 Å². The summed E-state index contributed by atoms with van der Waals surface area (Å²) in [6.07, 6.45) is 1.80. The Balaban J connectivity index is 1.99. The SMILES string of the molecule is CCN1CN(c2ccccc2)C2(CCNCC2)C1=O. The van der Waals surface area contributed by atoms with Crippen molar-refractivity contribution < 1.29 is 4.79 Å². The largest absolute Gasteiger partial charge is 0.339 e. The van der Waals surface area contributed by atoms with Crippen LogP contribution in [-0.2, 0) is 4.79 Å². The van der Waals surface area contributed by atoms with E-state index in [0.717, 1.165) is 44.8 Å². The Morgan fingerprint density at radius 2 is 1.89 bits per heavy atom. The van der Waals surface area contributed by atoms with Gasteiger partial charge in [-0.05, 0) is 45.0 Å². The van der Waals surface area contributed by atoms with Gasteiger partial charge in [0, 0.05) is 12.2 Å². The van der Waals surface area contributed by atoms with Gasteiger partial charge in [-0.15, -0.1) is 0 Å². The lowest BCUT2D eigenvalue weighted by molar-refractivity contribution is -0.132. The lowest BCUT2D eigenvalue weighted by Gasteiger charge is -2.40. The smallest absolute Gasteiger partial charge is 0.250 e. The Kier molecular flexibility index (Phi) is 3.19. The molecule has 4 nitrogen and oxygen atoms in total. The maximum atomic E-state index is 12.8. The van der Waals surface area contributed by atoms with Crippen LogP contribution in [0, 0.1) is 0 Å². The average Bonchev–Trinajstić information content (AvgIpc) is 2.74. The van der Waals surface area contributed by atoms with E-state index in [-0.39, 0.29) is 5.54 Å². The van der Waals surface area contributed by atoms with Crippen molar-refractivity contribution in [3.63, 3.8) is 0 Å². The fourth-order valence-electron chi connectivity index (χ4n) is 3.28. The highest BCUT2D eigenvalue weighted by Gasteiger charge is 2.52. The molecule has 2 aliphatic rings. The fourth-order valence-corrected chi connectivity index (χ4v) is 3.28. The van der Waals surface area contributed by atoms with Crippen LogP contribution in [0.25, 0.3) is 0 Å². The Labute approximate surface area is 114 Å². The van der Waals surface area contributed by atoms with Crippen LogP contribution in [0.2, 0.25) is 0 Å². The summed E-state index contributed by atoms with van der Waals surface area (Å²) in [7, 11) is 0. The molecule has 1 spiro atoms. The standard InChI is InChI=1S/C15H21N3O/c1-2-17-12-18(13-6-4-3-5-7-13)15(14(17)19)8-10-16-11-9-15/h3-7,16H,2,8-12H2,1H3. The van der Waals surface area contributed by atoms with Crippen molar-refractivity contribution in [2.45, 2.75) is 25.3 Å². The summed E-state index contributed by atoms with van der Waals surface area (Å²) in [5.74, 6) is 0.306.